The molecule has 1 aliphatic heterocycles. The van der Waals surface area contributed by atoms with Crippen molar-refractivity contribution in [3.8, 4) is 28.7 Å². The first kappa shape index (κ1) is 22.8. The molecular weight excluding hydrogens is 467 g/mol. The summed E-state index contributed by atoms with van der Waals surface area (Å²) in [7, 11) is 4.61. The van der Waals surface area contributed by atoms with Gasteiger partial charge in [-0.1, -0.05) is 29.3 Å². The van der Waals surface area contributed by atoms with Gasteiger partial charge in [-0.05, 0) is 42.0 Å². The third-order valence-electron chi connectivity index (χ3n) is 5.05. The molecule has 0 aliphatic carbocycles. The van der Waals surface area contributed by atoms with E-state index in [1.54, 1.807) is 48.5 Å². The van der Waals surface area contributed by atoms with Crippen molar-refractivity contribution in [3.05, 3.63) is 81.0 Å². The zero-order valence-corrected chi connectivity index (χ0v) is 19.6. The molecule has 0 radical (unpaired) electrons. The van der Waals surface area contributed by atoms with Gasteiger partial charge in [0.05, 0.1) is 36.9 Å². The first-order valence-corrected chi connectivity index (χ1v) is 10.6. The van der Waals surface area contributed by atoms with Crippen molar-refractivity contribution in [1.29, 1.82) is 0 Å². The summed E-state index contributed by atoms with van der Waals surface area (Å²) in [5, 5.41) is 0.941. The minimum absolute atomic E-state index is 0.164. The van der Waals surface area contributed by atoms with E-state index in [9.17, 15) is 4.79 Å². The summed E-state index contributed by atoms with van der Waals surface area (Å²) in [4.78, 5) is 12.9. The van der Waals surface area contributed by atoms with Crippen LogP contribution >= 0.6 is 23.2 Å². The van der Waals surface area contributed by atoms with Crippen LogP contribution in [0.1, 0.15) is 21.5 Å². The molecule has 0 fully saturated rings. The monoisotopic (exact) mass is 486 g/mol. The Morgan fingerprint density at radius 3 is 2.27 bits per heavy atom. The van der Waals surface area contributed by atoms with Crippen LogP contribution in [-0.2, 0) is 6.61 Å². The normalized spacial score (nSPS) is 13.5. The number of ether oxygens (including phenoxy) is 5. The predicted octanol–water partition coefficient (Wildman–Crippen LogP) is 6.21. The van der Waals surface area contributed by atoms with Gasteiger partial charge in [0.15, 0.2) is 17.3 Å². The van der Waals surface area contributed by atoms with Crippen LogP contribution in [0.15, 0.2) is 54.3 Å². The summed E-state index contributed by atoms with van der Waals surface area (Å²) >= 11 is 12.0. The molecule has 0 N–H and O–H groups in total. The Balaban J connectivity index is 1.56. The first-order chi connectivity index (χ1) is 15.9. The summed E-state index contributed by atoms with van der Waals surface area (Å²) < 4.78 is 27.8. The Morgan fingerprint density at radius 2 is 1.58 bits per heavy atom. The van der Waals surface area contributed by atoms with Gasteiger partial charge in [0.1, 0.15) is 23.9 Å². The molecule has 33 heavy (non-hydrogen) atoms. The maximum Gasteiger partial charge on any atom is 0.231 e. The standard InChI is InChI=1S/C25H20Cl2O6/c1-29-20-12-23(31-3)22(30-2)9-15(20)10-24-25(28)17-6-5-16(11-21(17)33-24)32-13-14-4-7-18(26)19(27)8-14/h4-12H,13H2,1-3H3/b24-10-. The molecule has 0 saturated carbocycles. The summed E-state index contributed by atoms with van der Waals surface area (Å²) in [5.41, 5.74) is 1.92. The van der Waals surface area contributed by atoms with Crippen LogP contribution in [-0.4, -0.2) is 27.1 Å². The summed E-state index contributed by atoms with van der Waals surface area (Å²) in [6, 6.07) is 13.8. The van der Waals surface area contributed by atoms with Gasteiger partial charge in [0.2, 0.25) is 5.78 Å². The second kappa shape index (κ2) is 9.65. The molecule has 4 rings (SSSR count). The Bertz CT molecular complexity index is 1250. The molecule has 1 aliphatic rings. The number of methoxy groups -OCH3 is 3. The van der Waals surface area contributed by atoms with Crippen LogP contribution in [0.2, 0.25) is 10.0 Å². The van der Waals surface area contributed by atoms with Gasteiger partial charge in [0, 0.05) is 17.7 Å². The molecule has 6 nitrogen and oxygen atoms in total. The van der Waals surface area contributed by atoms with E-state index in [1.807, 2.05) is 6.07 Å². The van der Waals surface area contributed by atoms with Crippen molar-refractivity contribution in [2.24, 2.45) is 0 Å². The highest BCUT2D eigenvalue weighted by Crippen LogP contribution is 2.39. The molecular formula is C25H20Cl2O6. The summed E-state index contributed by atoms with van der Waals surface area (Å²) in [5.74, 6) is 2.43. The lowest BCUT2D eigenvalue weighted by atomic mass is 10.1. The third-order valence-corrected chi connectivity index (χ3v) is 5.79. The van der Waals surface area contributed by atoms with Crippen LogP contribution in [0.25, 0.3) is 6.08 Å². The van der Waals surface area contributed by atoms with E-state index in [0.717, 1.165) is 5.56 Å². The highest BCUT2D eigenvalue weighted by molar-refractivity contribution is 6.42. The van der Waals surface area contributed by atoms with Crippen LogP contribution in [0.5, 0.6) is 28.7 Å². The molecule has 3 aromatic carbocycles. The minimum atomic E-state index is -0.238. The van der Waals surface area contributed by atoms with Crippen molar-refractivity contribution in [2.45, 2.75) is 6.61 Å². The van der Waals surface area contributed by atoms with Gasteiger partial charge < -0.3 is 23.7 Å². The number of rotatable bonds is 7. The van der Waals surface area contributed by atoms with Crippen molar-refractivity contribution < 1.29 is 28.5 Å². The number of carbonyl (C=O) groups is 1. The molecule has 0 unspecified atom stereocenters. The smallest absolute Gasteiger partial charge is 0.231 e. The Hall–Kier alpha value is -3.35. The maximum atomic E-state index is 12.9. The van der Waals surface area contributed by atoms with E-state index in [0.29, 0.717) is 49.9 Å². The van der Waals surface area contributed by atoms with Gasteiger partial charge in [-0.15, -0.1) is 0 Å². The van der Waals surface area contributed by atoms with E-state index in [2.05, 4.69) is 0 Å². The minimum Gasteiger partial charge on any atom is -0.496 e. The predicted molar refractivity (Wildman–Crippen MR) is 126 cm³/mol. The third kappa shape index (κ3) is 4.72. The topological polar surface area (TPSA) is 63.2 Å². The van der Waals surface area contributed by atoms with E-state index < -0.39 is 0 Å². The van der Waals surface area contributed by atoms with E-state index >= 15 is 0 Å². The molecule has 0 bridgehead atoms. The van der Waals surface area contributed by atoms with Crippen molar-refractivity contribution in [3.63, 3.8) is 0 Å². The molecule has 0 spiro atoms. The lowest BCUT2D eigenvalue weighted by Gasteiger charge is -2.12. The van der Waals surface area contributed by atoms with Crippen molar-refractivity contribution >= 4 is 35.1 Å². The van der Waals surface area contributed by atoms with Gasteiger partial charge in [-0.25, -0.2) is 0 Å². The molecule has 170 valence electrons. The fourth-order valence-electron chi connectivity index (χ4n) is 3.36. The van der Waals surface area contributed by atoms with Crippen LogP contribution in [0.4, 0.5) is 0 Å². The maximum absolute atomic E-state index is 12.9. The average Bonchev–Trinajstić information content (AvgIpc) is 3.13. The zero-order chi connectivity index (χ0) is 23.5. The fourth-order valence-corrected chi connectivity index (χ4v) is 3.68. The fraction of sp³-hybridized carbons (Fsp3) is 0.160. The molecule has 0 saturated heterocycles. The molecule has 3 aromatic rings. The van der Waals surface area contributed by atoms with Gasteiger partial charge in [-0.3, -0.25) is 4.79 Å². The SMILES string of the molecule is COc1cc(OC)c(OC)cc1/C=C1\Oc2cc(OCc3ccc(Cl)c(Cl)c3)ccc2C1=O. The Kier molecular flexibility index (Phi) is 6.67. The second-order valence-electron chi connectivity index (χ2n) is 7.08. The highest BCUT2D eigenvalue weighted by atomic mass is 35.5. The molecule has 0 amide bonds. The van der Waals surface area contributed by atoms with Gasteiger partial charge in [-0.2, -0.15) is 0 Å². The van der Waals surface area contributed by atoms with E-state index in [4.69, 9.17) is 46.9 Å². The van der Waals surface area contributed by atoms with E-state index in [-0.39, 0.29) is 18.1 Å². The molecule has 8 heteroatoms. The summed E-state index contributed by atoms with van der Waals surface area (Å²) in [6.45, 7) is 0.287. The molecule has 0 aromatic heterocycles. The number of fused-ring (bicyclic) bond motifs is 1. The van der Waals surface area contributed by atoms with E-state index in [1.165, 1.54) is 21.3 Å². The number of benzene rings is 3. The Morgan fingerprint density at radius 1 is 0.848 bits per heavy atom. The number of hydrogen-bond acceptors (Lipinski definition) is 6. The number of hydrogen-bond donors (Lipinski definition) is 0. The lowest BCUT2D eigenvalue weighted by molar-refractivity contribution is 0.101. The highest BCUT2D eigenvalue weighted by Gasteiger charge is 2.28. The Labute approximate surface area is 201 Å². The lowest BCUT2D eigenvalue weighted by Crippen LogP contribution is -2.00. The molecule has 1 heterocycles. The summed E-state index contributed by atoms with van der Waals surface area (Å²) in [6.07, 6.45) is 1.61. The number of Topliss-reactive ketones (excluding diaryl/α,β-unsaturated/α-hetero) is 1. The first-order valence-electron chi connectivity index (χ1n) is 9.88. The van der Waals surface area contributed by atoms with Crippen molar-refractivity contribution in [1.82, 2.24) is 0 Å². The quantitative estimate of drug-likeness (QED) is 0.369. The van der Waals surface area contributed by atoms with Crippen LogP contribution in [0, 0.1) is 0 Å². The number of allylic oxidation sites excluding steroid dienone is 1. The molecule has 0 atom stereocenters. The average molecular weight is 487 g/mol. The van der Waals surface area contributed by atoms with Crippen molar-refractivity contribution in [2.75, 3.05) is 21.3 Å². The number of halogens is 2. The van der Waals surface area contributed by atoms with Crippen LogP contribution in [0.3, 0.4) is 0 Å². The van der Waals surface area contributed by atoms with Gasteiger partial charge in [0.25, 0.3) is 0 Å². The second-order valence-corrected chi connectivity index (χ2v) is 7.90. The van der Waals surface area contributed by atoms with Gasteiger partial charge >= 0.3 is 0 Å². The number of ketones is 1. The zero-order valence-electron chi connectivity index (χ0n) is 18.1. The number of carbonyl (C=O) groups excluding carboxylic acids is 1. The van der Waals surface area contributed by atoms with Crippen LogP contribution < -0.4 is 23.7 Å². The largest absolute Gasteiger partial charge is 0.496 e.